The highest BCUT2D eigenvalue weighted by atomic mass is 79.9. The minimum Gasteiger partial charge on any atom is -0.378 e. The van der Waals surface area contributed by atoms with Gasteiger partial charge < -0.3 is 9.80 Å². The summed E-state index contributed by atoms with van der Waals surface area (Å²) in [5.41, 5.74) is 8.31. The summed E-state index contributed by atoms with van der Waals surface area (Å²) in [7, 11) is 8.25. The monoisotopic (exact) mass is 562 g/mol. The highest BCUT2D eigenvalue weighted by molar-refractivity contribution is 9.10. The van der Waals surface area contributed by atoms with Crippen molar-refractivity contribution >= 4 is 43.2 Å². The number of nitrogens with zero attached hydrogens (tertiary/aromatic N) is 4. The van der Waals surface area contributed by atoms with Gasteiger partial charge in [-0.2, -0.15) is 0 Å². The molecule has 5 rings (SSSR count). The van der Waals surface area contributed by atoms with Crippen LogP contribution in [0, 0.1) is 0 Å². The van der Waals surface area contributed by atoms with Gasteiger partial charge in [0.25, 0.3) is 0 Å². The summed E-state index contributed by atoms with van der Waals surface area (Å²) in [6.45, 7) is 0. The first kappa shape index (κ1) is 22.1. The Labute approximate surface area is 211 Å². The summed E-state index contributed by atoms with van der Waals surface area (Å²) < 4.78 is 1.60. The van der Waals surface area contributed by atoms with Gasteiger partial charge in [-0.3, -0.25) is 0 Å². The van der Waals surface area contributed by atoms with E-state index in [9.17, 15) is 0 Å². The van der Waals surface area contributed by atoms with E-state index in [4.69, 9.17) is 9.97 Å². The van der Waals surface area contributed by atoms with Gasteiger partial charge in [0.1, 0.15) is 9.21 Å². The van der Waals surface area contributed by atoms with Crippen LogP contribution in [0.25, 0.3) is 11.4 Å². The molecule has 2 heterocycles. The minimum atomic E-state index is -0.512. The van der Waals surface area contributed by atoms with E-state index in [-0.39, 0.29) is 0 Å². The standard InChI is InChI=1S/C27H24Br2N4/c1-32(2)19-9-5-17(6-10-19)27(18-7-11-20(12-8-18)33(3)4)21-13-15-23(28)30-25(21)26-22(27)14-16-24(29)31-26/h5-16H,1-4H3. The first-order valence-corrected chi connectivity index (χ1v) is 12.3. The molecule has 0 spiro atoms. The lowest BCUT2D eigenvalue weighted by molar-refractivity contribution is 0.763. The molecule has 1 aliphatic carbocycles. The van der Waals surface area contributed by atoms with E-state index in [0.717, 1.165) is 43.1 Å². The van der Waals surface area contributed by atoms with Crippen LogP contribution in [0.15, 0.2) is 82.0 Å². The Morgan fingerprint density at radius 1 is 0.545 bits per heavy atom. The Hall–Kier alpha value is -2.70. The number of benzene rings is 2. The lowest BCUT2D eigenvalue weighted by Gasteiger charge is -2.34. The van der Waals surface area contributed by atoms with Crippen molar-refractivity contribution in [2.24, 2.45) is 0 Å². The third-order valence-corrected chi connectivity index (χ3v) is 7.27. The Bertz CT molecular complexity index is 1220. The number of hydrogen-bond donors (Lipinski definition) is 0. The molecule has 0 atom stereocenters. The number of aromatic nitrogens is 2. The van der Waals surface area contributed by atoms with E-state index in [1.54, 1.807) is 0 Å². The second kappa shape index (κ2) is 8.26. The second-order valence-corrected chi connectivity index (χ2v) is 10.3. The highest BCUT2D eigenvalue weighted by Crippen LogP contribution is 2.55. The third kappa shape index (κ3) is 3.47. The molecule has 0 unspecified atom stereocenters. The number of fused-ring (bicyclic) bond motifs is 3. The van der Waals surface area contributed by atoms with E-state index in [0.29, 0.717) is 0 Å². The molecule has 0 amide bonds. The molecule has 0 saturated carbocycles. The van der Waals surface area contributed by atoms with Crippen molar-refractivity contribution in [1.82, 2.24) is 9.97 Å². The summed E-state index contributed by atoms with van der Waals surface area (Å²) in [6.07, 6.45) is 0. The van der Waals surface area contributed by atoms with E-state index >= 15 is 0 Å². The maximum Gasteiger partial charge on any atom is 0.106 e. The molecular weight excluding hydrogens is 540 g/mol. The molecule has 2 aromatic carbocycles. The number of halogens is 2. The Kier molecular flexibility index (Phi) is 5.53. The lowest BCUT2D eigenvalue weighted by Crippen LogP contribution is -2.29. The summed E-state index contributed by atoms with van der Waals surface area (Å²) >= 11 is 7.15. The molecule has 4 aromatic rings. The average Bonchev–Trinajstić information content (AvgIpc) is 3.09. The van der Waals surface area contributed by atoms with Crippen molar-refractivity contribution in [3.05, 3.63) is 104 Å². The maximum absolute atomic E-state index is 4.89. The summed E-state index contributed by atoms with van der Waals surface area (Å²) in [5.74, 6) is 0. The molecule has 0 aliphatic heterocycles. The quantitative estimate of drug-likeness (QED) is 0.234. The van der Waals surface area contributed by atoms with Crippen molar-refractivity contribution in [1.29, 1.82) is 0 Å². The third-order valence-electron chi connectivity index (χ3n) is 6.39. The van der Waals surface area contributed by atoms with Crippen LogP contribution >= 0.6 is 31.9 Å². The molecule has 0 bridgehead atoms. The molecule has 0 saturated heterocycles. The molecular formula is C27H24Br2N4. The van der Waals surface area contributed by atoms with Crippen molar-refractivity contribution < 1.29 is 0 Å². The van der Waals surface area contributed by atoms with Crippen LogP contribution < -0.4 is 9.80 Å². The average molecular weight is 564 g/mol. The lowest BCUT2D eigenvalue weighted by atomic mass is 9.68. The van der Waals surface area contributed by atoms with Gasteiger partial charge in [-0.05, 0) is 90.5 Å². The molecule has 2 aromatic heterocycles. The summed E-state index contributed by atoms with van der Waals surface area (Å²) in [4.78, 5) is 14.0. The largest absolute Gasteiger partial charge is 0.378 e. The van der Waals surface area contributed by atoms with Crippen LogP contribution in [0.2, 0.25) is 0 Å². The first-order valence-electron chi connectivity index (χ1n) is 10.7. The van der Waals surface area contributed by atoms with Crippen LogP contribution in [-0.4, -0.2) is 38.2 Å². The number of anilines is 2. The predicted molar refractivity (Wildman–Crippen MR) is 143 cm³/mol. The van der Waals surface area contributed by atoms with Gasteiger partial charge in [-0.1, -0.05) is 36.4 Å². The number of pyridine rings is 2. The van der Waals surface area contributed by atoms with Crippen LogP contribution in [0.1, 0.15) is 22.3 Å². The number of rotatable bonds is 4. The molecule has 0 fully saturated rings. The second-order valence-electron chi connectivity index (χ2n) is 8.69. The van der Waals surface area contributed by atoms with Crippen LogP contribution in [-0.2, 0) is 5.41 Å². The van der Waals surface area contributed by atoms with E-state index in [1.165, 1.54) is 11.1 Å². The van der Waals surface area contributed by atoms with Gasteiger partial charge in [0.05, 0.1) is 16.8 Å². The molecule has 0 radical (unpaired) electrons. The van der Waals surface area contributed by atoms with Crippen LogP contribution in [0.5, 0.6) is 0 Å². The normalized spacial score (nSPS) is 13.4. The Morgan fingerprint density at radius 2 is 0.909 bits per heavy atom. The van der Waals surface area contributed by atoms with Gasteiger partial charge in [0, 0.05) is 39.6 Å². The van der Waals surface area contributed by atoms with Crippen LogP contribution in [0.3, 0.4) is 0 Å². The Morgan fingerprint density at radius 3 is 1.24 bits per heavy atom. The highest BCUT2D eigenvalue weighted by Gasteiger charge is 2.48. The molecule has 1 aliphatic rings. The minimum absolute atomic E-state index is 0.512. The van der Waals surface area contributed by atoms with Gasteiger partial charge in [-0.25, -0.2) is 9.97 Å². The smallest absolute Gasteiger partial charge is 0.106 e. The van der Waals surface area contributed by atoms with E-state index in [1.807, 2.05) is 12.1 Å². The SMILES string of the molecule is CN(C)c1ccc(C2(c3ccc(N(C)C)cc3)c3ccc(Br)nc3-c3nc(Br)ccc32)cc1. The van der Waals surface area contributed by atoms with Gasteiger partial charge >= 0.3 is 0 Å². The van der Waals surface area contributed by atoms with Crippen molar-refractivity contribution in [2.45, 2.75) is 5.41 Å². The van der Waals surface area contributed by atoms with E-state index in [2.05, 4.69) is 131 Å². The molecule has 33 heavy (non-hydrogen) atoms. The zero-order valence-corrected chi connectivity index (χ0v) is 22.1. The first-order chi connectivity index (χ1) is 15.8. The van der Waals surface area contributed by atoms with Crippen LogP contribution in [0.4, 0.5) is 11.4 Å². The molecule has 4 nitrogen and oxygen atoms in total. The fraction of sp³-hybridized carbons (Fsp3) is 0.185. The van der Waals surface area contributed by atoms with E-state index < -0.39 is 5.41 Å². The molecule has 166 valence electrons. The molecule has 6 heteroatoms. The van der Waals surface area contributed by atoms with Gasteiger partial charge in [0.2, 0.25) is 0 Å². The maximum atomic E-state index is 4.89. The zero-order valence-electron chi connectivity index (χ0n) is 19.0. The van der Waals surface area contributed by atoms with Crippen molar-refractivity contribution in [3.8, 4) is 11.4 Å². The van der Waals surface area contributed by atoms with Crippen molar-refractivity contribution in [3.63, 3.8) is 0 Å². The van der Waals surface area contributed by atoms with Gasteiger partial charge in [0.15, 0.2) is 0 Å². The number of hydrogen-bond acceptors (Lipinski definition) is 4. The fourth-order valence-electron chi connectivity index (χ4n) is 4.79. The van der Waals surface area contributed by atoms with Gasteiger partial charge in [-0.15, -0.1) is 0 Å². The topological polar surface area (TPSA) is 32.3 Å². The van der Waals surface area contributed by atoms with Crippen molar-refractivity contribution in [2.75, 3.05) is 38.0 Å². The summed E-state index contributed by atoms with van der Waals surface area (Å²) in [6, 6.07) is 26.1. The fourth-order valence-corrected chi connectivity index (χ4v) is 5.41. The predicted octanol–water partition coefficient (Wildman–Crippen LogP) is 6.50. The zero-order chi connectivity index (χ0) is 23.3. The Balaban J connectivity index is 1.87. The molecule has 0 N–H and O–H groups in total. The summed E-state index contributed by atoms with van der Waals surface area (Å²) in [5, 5.41) is 0.